The summed E-state index contributed by atoms with van der Waals surface area (Å²) in [6, 6.07) is 0. The predicted molar refractivity (Wildman–Crippen MR) is 67.9 cm³/mol. The van der Waals surface area contributed by atoms with Gasteiger partial charge in [0.25, 0.3) is 0 Å². The van der Waals surface area contributed by atoms with Gasteiger partial charge in [-0.2, -0.15) is 0 Å². The number of nitrogens with zero attached hydrogens (tertiary/aromatic N) is 2. The van der Waals surface area contributed by atoms with E-state index in [1.54, 1.807) is 18.4 Å². The average Bonchev–Trinajstić information content (AvgIpc) is 2.67. The Morgan fingerprint density at radius 1 is 1.50 bits per heavy atom. The van der Waals surface area contributed by atoms with Crippen LogP contribution >= 0.6 is 11.3 Å². The standard InChI is InChI=1S/C11H21N3OS/c1-10-9-16-11(13-10)8-12-4-5-14(2)6-7-15-3/h9,12H,4-8H2,1-3H3. The van der Waals surface area contributed by atoms with Gasteiger partial charge in [0.05, 0.1) is 6.61 Å². The molecule has 0 radical (unpaired) electrons. The van der Waals surface area contributed by atoms with E-state index in [-0.39, 0.29) is 0 Å². The molecule has 0 unspecified atom stereocenters. The Bertz CT molecular complexity index is 291. The Morgan fingerprint density at radius 3 is 2.94 bits per heavy atom. The van der Waals surface area contributed by atoms with E-state index < -0.39 is 0 Å². The van der Waals surface area contributed by atoms with Crippen molar-refractivity contribution in [3.63, 3.8) is 0 Å². The summed E-state index contributed by atoms with van der Waals surface area (Å²) in [5.41, 5.74) is 1.11. The molecule has 1 rings (SSSR count). The lowest BCUT2D eigenvalue weighted by Crippen LogP contribution is -2.31. The van der Waals surface area contributed by atoms with Gasteiger partial charge in [-0.15, -0.1) is 11.3 Å². The quantitative estimate of drug-likeness (QED) is 0.694. The zero-order chi connectivity index (χ0) is 11.8. The van der Waals surface area contributed by atoms with Crippen LogP contribution in [0.25, 0.3) is 0 Å². The number of rotatable bonds is 8. The van der Waals surface area contributed by atoms with Gasteiger partial charge >= 0.3 is 0 Å². The van der Waals surface area contributed by atoms with Gasteiger partial charge in [0.2, 0.25) is 0 Å². The lowest BCUT2D eigenvalue weighted by atomic mass is 10.5. The zero-order valence-corrected chi connectivity index (χ0v) is 11.1. The highest BCUT2D eigenvalue weighted by atomic mass is 32.1. The van der Waals surface area contributed by atoms with E-state index in [9.17, 15) is 0 Å². The molecule has 0 amide bonds. The molecule has 0 aliphatic heterocycles. The number of methoxy groups -OCH3 is 1. The molecule has 4 nitrogen and oxygen atoms in total. The maximum Gasteiger partial charge on any atom is 0.107 e. The van der Waals surface area contributed by atoms with Crippen LogP contribution in [0.3, 0.4) is 0 Å². The van der Waals surface area contributed by atoms with Gasteiger partial charge in [-0.3, -0.25) is 0 Å². The van der Waals surface area contributed by atoms with Crippen molar-refractivity contribution < 1.29 is 4.74 Å². The van der Waals surface area contributed by atoms with E-state index in [1.807, 2.05) is 6.92 Å². The summed E-state index contributed by atoms with van der Waals surface area (Å²) < 4.78 is 5.02. The van der Waals surface area contributed by atoms with Crippen molar-refractivity contribution in [2.24, 2.45) is 0 Å². The minimum Gasteiger partial charge on any atom is -0.383 e. The molecule has 0 spiro atoms. The Balaban J connectivity index is 2.03. The van der Waals surface area contributed by atoms with Gasteiger partial charge < -0.3 is 15.0 Å². The fourth-order valence-electron chi connectivity index (χ4n) is 1.31. The number of likely N-dealkylation sites (N-methyl/N-ethyl adjacent to an activating group) is 1. The van der Waals surface area contributed by atoms with Crippen molar-refractivity contribution >= 4 is 11.3 Å². The van der Waals surface area contributed by atoms with Crippen molar-refractivity contribution in [2.45, 2.75) is 13.5 Å². The van der Waals surface area contributed by atoms with Crippen LogP contribution in [-0.4, -0.2) is 50.3 Å². The van der Waals surface area contributed by atoms with Gasteiger partial charge in [-0.1, -0.05) is 0 Å². The summed E-state index contributed by atoms with van der Waals surface area (Å²) in [7, 11) is 3.84. The van der Waals surface area contributed by atoms with Crippen molar-refractivity contribution in [1.29, 1.82) is 0 Å². The lowest BCUT2D eigenvalue weighted by Gasteiger charge is -2.15. The monoisotopic (exact) mass is 243 g/mol. The molecule has 5 heteroatoms. The number of thiazole rings is 1. The molecule has 0 saturated heterocycles. The summed E-state index contributed by atoms with van der Waals surface area (Å²) in [6.07, 6.45) is 0. The van der Waals surface area contributed by atoms with Gasteiger partial charge in [0.15, 0.2) is 0 Å². The summed E-state index contributed by atoms with van der Waals surface area (Å²) in [4.78, 5) is 6.65. The molecule has 1 aromatic heterocycles. The molecule has 0 aliphatic carbocycles. The van der Waals surface area contributed by atoms with E-state index in [0.717, 1.165) is 43.5 Å². The summed E-state index contributed by atoms with van der Waals surface area (Å²) in [6.45, 7) is 6.69. The molecule has 0 atom stereocenters. The fraction of sp³-hybridized carbons (Fsp3) is 0.727. The number of aromatic nitrogens is 1. The summed E-state index contributed by atoms with van der Waals surface area (Å²) in [5, 5.41) is 6.64. The number of hydrogen-bond acceptors (Lipinski definition) is 5. The number of hydrogen-bond donors (Lipinski definition) is 1. The van der Waals surface area contributed by atoms with E-state index >= 15 is 0 Å². The molecule has 1 N–H and O–H groups in total. The molecule has 0 bridgehead atoms. The molecular weight excluding hydrogens is 222 g/mol. The molecule has 0 aliphatic rings. The van der Waals surface area contributed by atoms with Crippen molar-refractivity contribution in [2.75, 3.05) is 40.4 Å². The second kappa shape index (κ2) is 7.73. The maximum atomic E-state index is 5.02. The number of aryl methyl sites for hydroxylation is 1. The molecule has 1 heterocycles. The molecule has 92 valence electrons. The lowest BCUT2D eigenvalue weighted by molar-refractivity contribution is 0.161. The van der Waals surface area contributed by atoms with E-state index in [1.165, 1.54) is 0 Å². The van der Waals surface area contributed by atoms with Crippen LogP contribution in [0.4, 0.5) is 0 Å². The maximum absolute atomic E-state index is 5.02. The van der Waals surface area contributed by atoms with Crippen LogP contribution in [0.5, 0.6) is 0 Å². The number of nitrogens with one attached hydrogen (secondary N) is 1. The third-order valence-electron chi connectivity index (χ3n) is 2.29. The fourth-order valence-corrected chi connectivity index (χ4v) is 2.05. The topological polar surface area (TPSA) is 37.4 Å². The first-order chi connectivity index (χ1) is 7.72. The third kappa shape index (κ3) is 5.55. The SMILES string of the molecule is COCCN(C)CCNCc1nc(C)cs1. The zero-order valence-electron chi connectivity index (χ0n) is 10.3. The predicted octanol–water partition coefficient (Wildman–Crippen LogP) is 1.12. The second-order valence-electron chi connectivity index (χ2n) is 3.86. The van der Waals surface area contributed by atoms with Gasteiger partial charge in [0, 0.05) is 44.4 Å². The molecule has 16 heavy (non-hydrogen) atoms. The van der Waals surface area contributed by atoms with Gasteiger partial charge in [0.1, 0.15) is 5.01 Å². The Labute approximate surface area is 102 Å². The minimum absolute atomic E-state index is 0.794. The summed E-state index contributed by atoms with van der Waals surface area (Å²) in [5.74, 6) is 0. The largest absolute Gasteiger partial charge is 0.383 e. The molecule has 1 aromatic rings. The highest BCUT2D eigenvalue weighted by molar-refractivity contribution is 7.09. The van der Waals surface area contributed by atoms with Crippen LogP contribution in [0.1, 0.15) is 10.7 Å². The Kier molecular flexibility index (Phi) is 6.56. The normalized spacial score (nSPS) is 11.2. The van der Waals surface area contributed by atoms with Gasteiger partial charge in [-0.05, 0) is 14.0 Å². The first-order valence-electron chi connectivity index (χ1n) is 5.51. The van der Waals surface area contributed by atoms with Crippen molar-refractivity contribution in [3.8, 4) is 0 Å². The van der Waals surface area contributed by atoms with Crippen molar-refractivity contribution in [3.05, 3.63) is 16.1 Å². The van der Waals surface area contributed by atoms with Gasteiger partial charge in [-0.25, -0.2) is 4.98 Å². The van der Waals surface area contributed by atoms with Crippen LogP contribution in [0, 0.1) is 6.92 Å². The van der Waals surface area contributed by atoms with Crippen LogP contribution in [-0.2, 0) is 11.3 Å². The third-order valence-corrected chi connectivity index (χ3v) is 3.26. The summed E-state index contributed by atoms with van der Waals surface area (Å²) >= 11 is 1.72. The highest BCUT2D eigenvalue weighted by Crippen LogP contribution is 2.07. The van der Waals surface area contributed by atoms with E-state index in [2.05, 4.69) is 27.6 Å². The molecule has 0 fully saturated rings. The average molecular weight is 243 g/mol. The van der Waals surface area contributed by atoms with E-state index in [0.29, 0.717) is 0 Å². The van der Waals surface area contributed by atoms with Crippen LogP contribution < -0.4 is 5.32 Å². The second-order valence-corrected chi connectivity index (χ2v) is 4.80. The first-order valence-corrected chi connectivity index (χ1v) is 6.39. The van der Waals surface area contributed by atoms with E-state index in [4.69, 9.17) is 4.74 Å². The molecule has 0 saturated carbocycles. The minimum atomic E-state index is 0.794. The van der Waals surface area contributed by atoms with Crippen LogP contribution in [0.2, 0.25) is 0 Å². The highest BCUT2D eigenvalue weighted by Gasteiger charge is 1.99. The van der Waals surface area contributed by atoms with Crippen molar-refractivity contribution in [1.82, 2.24) is 15.2 Å². The Hall–Kier alpha value is -0.490. The Morgan fingerprint density at radius 2 is 2.31 bits per heavy atom. The first kappa shape index (κ1) is 13.6. The molecular formula is C11H21N3OS. The smallest absolute Gasteiger partial charge is 0.107 e. The molecule has 0 aromatic carbocycles. The van der Waals surface area contributed by atoms with Crippen LogP contribution in [0.15, 0.2) is 5.38 Å². The number of ether oxygens (including phenoxy) is 1.